The van der Waals surface area contributed by atoms with E-state index in [2.05, 4.69) is 24.4 Å². The highest BCUT2D eigenvalue weighted by atomic mass is 16.2. The van der Waals surface area contributed by atoms with Gasteiger partial charge in [-0.2, -0.15) is 0 Å². The number of aryl methyl sites for hydroxylation is 4. The van der Waals surface area contributed by atoms with Gasteiger partial charge in [0.1, 0.15) is 6.04 Å². The smallest absolute Gasteiger partial charge is 0.256 e. The third-order valence-corrected chi connectivity index (χ3v) is 4.76. The third-order valence-electron chi connectivity index (χ3n) is 4.76. The average Bonchev–Trinajstić information content (AvgIpc) is 2.84. The second kappa shape index (κ2) is 6.71. The van der Waals surface area contributed by atoms with E-state index in [1.807, 2.05) is 45.0 Å². The van der Waals surface area contributed by atoms with Crippen LogP contribution in [0.15, 0.2) is 36.4 Å². The zero-order valence-corrected chi connectivity index (χ0v) is 15.2. The van der Waals surface area contributed by atoms with Crippen molar-refractivity contribution in [3.63, 3.8) is 0 Å². The predicted molar refractivity (Wildman–Crippen MR) is 101 cm³/mol. The lowest BCUT2D eigenvalue weighted by molar-refractivity contribution is -0.121. The van der Waals surface area contributed by atoms with Crippen LogP contribution in [0.25, 0.3) is 0 Å². The van der Waals surface area contributed by atoms with Gasteiger partial charge in [0.15, 0.2) is 0 Å². The zero-order valence-electron chi connectivity index (χ0n) is 15.2. The van der Waals surface area contributed by atoms with Crippen LogP contribution in [0.1, 0.15) is 35.6 Å². The van der Waals surface area contributed by atoms with E-state index in [0.717, 1.165) is 28.8 Å². The summed E-state index contributed by atoms with van der Waals surface area (Å²) in [6.45, 7) is 8.12. The van der Waals surface area contributed by atoms with E-state index in [9.17, 15) is 9.59 Å². The van der Waals surface area contributed by atoms with Crippen molar-refractivity contribution in [2.45, 2.75) is 46.6 Å². The van der Waals surface area contributed by atoms with Gasteiger partial charge in [-0.05, 0) is 49.9 Å². The lowest BCUT2D eigenvalue weighted by Gasteiger charge is -2.20. The van der Waals surface area contributed by atoms with Crippen molar-refractivity contribution in [3.8, 4) is 0 Å². The standard InChI is InChI=1S/C21H24N2O2/c1-5-16-8-6-7-9-18(16)23-19(24)12-17(21(23)25)22-20-14(3)10-13(2)11-15(20)4/h6-11,17,22H,5,12H2,1-4H3/t17-/m0/s1. The maximum Gasteiger partial charge on any atom is 0.256 e. The molecule has 0 unspecified atom stereocenters. The second-order valence-electron chi connectivity index (χ2n) is 6.72. The molecular weight excluding hydrogens is 312 g/mol. The van der Waals surface area contributed by atoms with Gasteiger partial charge in [0.2, 0.25) is 5.91 Å². The minimum absolute atomic E-state index is 0.147. The number of carbonyl (C=O) groups is 2. The molecule has 0 spiro atoms. The van der Waals surface area contributed by atoms with Crippen molar-refractivity contribution in [3.05, 3.63) is 58.7 Å². The molecule has 1 heterocycles. The molecule has 1 aliphatic rings. The molecule has 25 heavy (non-hydrogen) atoms. The summed E-state index contributed by atoms with van der Waals surface area (Å²) in [5, 5.41) is 3.31. The van der Waals surface area contributed by atoms with Crippen molar-refractivity contribution in [2.24, 2.45) is 0 Å². The number of para-hydroxylation sites is 1. The summed E-state index contributed by atoms with van der Waals surface area (Å²) in [7, 11) is 0. The van der Waals surface area contributed by atoms with E-state index in [1.54, 1.807) is 0 Å². The van der Waals surface area contributed by atoms with Crippen LogP contribution < -0.4 is 10.2 Å². The van der Waals surface area contributed by atoms with Crippen molar-refractivity contribution < 1.29 is 9.59 Å². The highest BCUT2D eigenvalue weighted by molar-refractivity contribution is 6.23. The normalized spacial score (nSPS) is 17.3. The molecule has 0 aromatic heterocycles. The minimum atomic E-state index is -0.516. The summed E-state index contributed by atoms with van der Waals surface area (Å²) in [5.41, 5.74) is 6.03. The maximum atomic E-state index is 12.9. The molecule has 1 N–H and O–H groups in total. The fraction of sp³-hybridized carbons (Fsp3) is 0.333. The van der Waals surface area contributed by atoms with Gasteiger partial charge in [0.05, 0.1) is 12.1 Å². The van der Waals surface area contributed by atoms with Gasteiger partial charge >= 0.3 is 0 Å². The number of nitrogens with zero attached hydrogens (tertiary/aromatic N) is 1. The number of amides is 2. The van der Waals surface area contributed by atoms with Crippen molar-refractivity contribution in [1.82, 2.24) is 0 Å². The quantitative estimate of drug-likeness (QED) is 0.861. The zero-order chi connectivity index (χ0) is 18.1. The third kappa shape index (κ3) is 3.16. The molecule has 4 heteroatoms. The Morgan fingerprint density at radius 2 is 1.72 bits per heavy atom. The Labute approximate surface area is 148 Å². The van der Waals surface area contributed by atoms with Crippen LogP contribution in [0.3, 0.4) is 0 Å². The second-order valence-corrected chi connectivity index (χ2v) is 6.72. The summed E-state index contributed by atoms with van der Waals surface area (Å²) in [5.74, 6) is -0.323. The molecule has 2 aromatic rings. The van der Waals surface area contributed by atoms with Crippen LogP contribution in [-0.2, 0) is 16.0 Å². The van der Waals surface area contributed by atoms with E-state index in [0.29, 0.717) is 5.69 Å². The fourth-order valence-electron chi connectivity index (χ4n) is 3.61. The molecule has 3 rings (SSSR count). The number of carbonyl (C=O) groups excluding carboxylic acids is 2. The Kier molecular flexibility index (Phi) is 4.62. The minimum Gasteiger partial charge on any atom is -0.373 e. The highest BCUT2D eigenvalue weighted by Crippen LogP contribution is 2.30. The molecule has 2 amide bonds. The van der Waals surface area contributed by atoms with Crippen LogP contribution in [-0.4, -0.2) is 17.9 Å². The van der Waals surface area contributed by atoms with Gasteiger partial charge in [-0.1, -0.05) is 42.8 Å². The molecule has 0 radical (unpaired) electrons. The van der Waals surface area contributed by atoms with Gasteiger partial charge in [-0.25, -0.2) is 4.90 Å². The van der Waals surface area contributed by atoms with Gasteiger partial charge in [-0.3, -0.25) is 9.59 Å². The fourth-order valence-corrected chi connectivity index (χ4v) is 3.61. The summed E-state index contributed by atoms with van der Waals surface area (Å²) < 4.78 is 0. The van der Waals surface area contributed by atoms with E-state index < -0.39 is 6.04 Å². The molecule has 4 nitrogen and oxygen atoms in total. The Morgan fingerprint density at radius 1 is 1.08 bits per heavy atom. The van der Waals surface area contributed by atoms with E-state index in [1.165, 1.54) is 10.5 Å². The first-order valence-electron chi connectivity index (χ1n) is 8.71. The first-order valence-corrected chi connectivity index (χ1v) is 8.71. The Bertz CT molecular complexity index is 819. The molecule has 1 saturated heterocycles. The number of hydrogen-bond acceptors (Lipinski definition) is 3. The first kappa shape index (κ1) is 17.2. The number of anilines is 2. The molecule has 1 atom stereocenters. The summed E-state index contributed by atoms with van der Waals surface area (Å²) >= 11 is 0. The van der Waals surface area contributed by atoms with E-state index in [4.69, 9.17) is 0 Å². The largest absolute Gasteiger partial charge is 0.373 e. The maximum absolute atomic E-state index is 12.9. The van der Waals surface area contributed by atoms with Gasteiger partial charge < -0.3 is 5.32 Å². The van der Waals surface area contributed by atoms with Gasteiger partial charge in [-0.15, -0.1) is 0 Å². The highest BCUT2D eigenvalue weighted by Gasteiger charge is 2.40. The number of nitrogens with one attached hydrogen (secondary N) is 1. The van der Waals surface area contributed by atoms with E-state index >= 15 is 0 Å². The topological polar surface area (TPSA) is 49.4 Å². The van der Waals surface area contributed by atoms with Crippen LogP contribution in [0, 0.1) is 20.8 Å². The molecule has 0 aliphatic carbocycles. The number of benzene rings is 2. The number of imide groups is 1. The Hall–Kier alpha value is -2.62. The lowest BCUT2D eigenvalue weighted by atomic mass is 10.0. The van der Waals surface area contributed by atoms with Gasteiger partial charge in [0, 0.05) is 5.69 Å². The van der Waals surface area contributed by atoms with Crippen LogP contribution in [0.4, 0.5) is 11.4 Å². The van der Waals surface area contributed by atoms with Crippen molar-refractivity contribution >= 4 is 23.2 Å². The Balaban J connectivity index is 1.90. The molecule has 1 aliphatic heterocycles. The monoisotopic (exact) mass is 336 g/mol. The average molecular weight is 336 g/mol. The van der Waals surface area contributed by atoms with Crippen LogP contribution in [0.2, 0.25) is 0 Å². The number of rotatable bonds is 4. The molecule has 2 aromatic carbocycles. The molecule has 0 bridgehead atoms. The lowest BCUT2D eigenvalue weighted by Crippen LogP contribution is -2.35. The number of hydrogen-bond donors (Lipinski definition) is 1. The molecule has 1 fully saturated rings. The Morgan fingerprint density at radius 3 is 2.36 bits per heavy atom. The molecular formula is C21H24N2O2. The van der Waals surface area contributed by atoms with Crippen LogP contribution in [0.5, 0.6) is 0 Å². The van der Waals surface area contributed by atoms with Crippen molar-refractivity contribution in [1.29, 1.82) is 0 Å². The summed E-state index contributed by atoms with van der Waals surface area (Å²) in [6.07, 6.45) is 0.963. The summed E-state index contributed by atoms with van der Waals surface area (Å²) in [6, 6.07) is 11.3. The predicted octanol–water partition coefficient (Wildman–Crippen LogP) is 3.92. The van der Waals surface area contributed by atoms with Crippen molar-refractivity contribution in [2.75, 3.05) is 10.2 Å². The van der Waals surface area contributed by atoms with Crippen LogP contribution >= 0.6 is 0 Å². The van der Waals surface area contributed by atoms with Gasteiger partial charge in [0.25, 0.3) is 5.91 Å². The molecule has 0 saturated carbocycles. The summed E-state index contributed by atoms with van der Waals surface area (Å²) in [4.78, 5) is 26.8. The SMILES string of the molecule is CCc1ccccc1N1C(=O)C[C@H](Nc2c(C)cc(C)cc2C)C1=O. The van der Waals surface area contributed by atoms with E-state index in [-0.39, 0.29) is 18.2 Å². The molecule has 130 valence electrons. The first-order chi connectivity index (χ1) is 11.9.